The van der Waals surface area contributed by atoms with Crippen molar-refractivity contribution in [3.05, 3.63) is 46.2 Å². The van der Waals surface area contributed by atoms with E-state index in [1.807, 2.05) is 24.5 Å². The number of nitrogens with zero attached hydrogens (tertiary/aromatic N) is 2. The Kier molecular flexibility index (Phi) is 3.64. The summed E-state index contributed by atoms with van der Waals surface area (Å²) in [5.41, 5.74) is 4.60. The maximum Gasteiger partial charge on any atom is 0.225 e. The summed E-state index contributed by atoms with van der Waals surface area (Å²) in [6.07, 6.45) is 4.37. The van der Waals surface area contributed by atoms with Gasteiger partial charge in [-0.3, -0.25) is 4.98 Å². The van der Waals surface area contributed by atoms with Gasteiger partial charge in [0.05, 0.1) is 4.88 Å². The van der Waals surface area contributed by atoms with Gasteiger partial charge in [0.25, 0.3) is 0 Å². The quantitative estimate of drug-likeness (QED) is 0.812. The molecule has 0 radical (unpaired) electrons. The molecule has 0 atom stereocenters. The Labute approximate surface area is 99.0 Å². The molecule has 0 unspecified atom stereocenters. The molecule has 1 N–H and O–H groups in total. The van der Waals surface area contributed by atoms with E-state index in [1.54, 1.807) is 11.3 Å². The van der Waals surface area contributed by atoms with Crippen molar-refractivity contribution < 1.29 is 9.67 Å². The lowest BCUT2D eigenvalue weighted by Gasteiger charge is -1.96. The first-order valence-corrected chi connectivity index (χ1v) is 6.15. The van der Waals surface area contributed by atoms with Gasteiger partial charge >= 0.3 is 0 Å². The minimum Gasteiger partial charge on any atom is -0.396 e. The smallest absolute Gasteiger partial charge is 0.225 e. The monoisotopic (exact) mass is 235 g/mol. The van der Waals surface area contributed by atoms with E-state index in [4.69, 9.17) is 5.11 Å². The van der Waals surface area contributed by atoms with E-state index < -0.39 is 0 Å². The van der Waals surface area contributed by atoms with Crippen LogP contribution in [0.4, 0.5) is 0 Å². The molecule has 2 aromatic heterocycles. The largest absolute Gasteiger partial charge is 0.396 e. The zero-order chi connectivity index (χ0) is 11.4. The van der Waals surface area contributed by atoms with Gasteiger partial charge in [0, 0.05) is 37.9 Å². The maximum atomic E-state index is 8.93. The first-order chi connectivity index (χ1) is 7.81. The number of thiazole rings is 1. The molecule has 0 bridgehead atoms. The lowest BCUT2D eigenvalue weighted by molar-refractivity contribution is -0.689. The topological polar surface area (TPSA) is 37.0 Å². The number of aliphatic hydroxyl groups is 1. The highest BCUT2D eigenvalue weighted by Crippen LogP contribution is 2.11. The molecule has 0 aromatic carbocycles. The average Bonchev–Trinajstić information content (AvgIpc) is 2.64. The Balaban J connectivity index is 2.16. The van der Waals surface area contributed by atoms with Gasteiger partial charge in [0.15, 0.2) is 12.2 Å². The fraction of sp³-hybridized carbons (Fsp3) is 0.333. The minimum absolute atomic E-state index is 0.219. The minimum atomic E-state index is 0.219. The molecule has 4 heteroatoms. The molecule has 3 nitrogen and oxygen atoms in total. The summed E-state index contributed by atoms with van der Waals surface area (Å²) in [6, 6.07) is 4.05. The van der Waals surface area contributed by atoms with Crippen molar-refractivity contribution in [1.29, 1.82) is 0 Å². The lowest BCUT2D eigenvalue weighted by atomic mass is 10.2. The molecule has 84 valence electrons. The number of aliphatic hydroxyl groups excluding tert-OH is 1. The van der Waals surface area contributed by atoms with E-state index in [0.717, 1.165) is 13.0 Å². The fourth-order valence-electron chi connectivity index (χ4n) is 1.63. The van der Waals surface area contributed by atoms with E-state index in [1.165, 1.54) is 16.1 Å². The Morgan fingerprint density at radius 3 is 2.81 bits per heavy atom. The van der Waals surface area contributed by atoms with E-state index >= 15 is 0 Å². The van der Waals surface area contributed by atoms with Gasteiger partial charge < -0.3 is 5.11 Å². The molecular formula is C12H15N2OS+. The van der Waals surface area contributed by atoms with Crippen molar-refractivity contribution in [2.24, 2.45) is 0 Å². The third-order valence-electron chi connectivity index (χ3n) is 2.60. The van der Waals surface area contributed by atoms with Crippen LogP contribution >= 0.6 is 11.3 Å². The maximum absolute atomic E-state index is 8.93. The second kappa shape index (κ2) is 5.18. The molecule has 16 heavy (non-hydrogen) atoms. The van der Waals surface area contributed by atoms with Gasteiger partial charge in [-0.25, -0.2) is 0 Å². The van der Waals surface area contributed by atoms with Gasteiger partial charge in [-0.15, -0.1) is 0 Å². The summed E-state index contributed by atoms with van der Waals surface area (Å²) in [4.78, 5) is 5.27. The van der Waals surface area contributed by atoms with Crippen LogP contribution in [0, 0.1) is 6.92 Å². The molecule has 2 heterocycles. The molecule has 0 saturated carbocycles. The Morgan fingerprint density at radius 1 is 1.38 bits per heavy atom. The highest BCUT2D eigenvalue weighted by molar-refractivity contribution is 7.09. The Hall–Kier alpha value is -1.26. The van der Waals surface area contributed by atoms with Crippen LogP contribution in [0.1, 0.15) is 16.1 Å². The number of aromatic nitrogens is 2. The molecule has 0 fully saturated rings. The molecule has 0 amide bonds. The van der Waals surface area contributed by atoms with Crippen LogP contribution in [0.3, 0.4) is 0 Å². The zero-order valence-electron chi connectivity index (χ0n) is 9.26. The van der Waals surface area contributed by atoms with Gasteiger partial charge in [0.1, 0.15) is 0 Å². The second-order valence-corrected chi connectivity index (χ2v) is 4.63. The number of hydrogen-bond donors (Lipinski definition) is 1. The van der Waals surface area contributed by atoms with Crippen molar-refractivity contribution in [1.82, 2.24) is 4.98 Å². The Morgan fingerprint density at radius 2 is 2.12 bits per heavy atom. The predicted molar refractivity (Wildman–Crippen MR) is 63.4 cm³/mol. The van der Waals surface area contributed by atoms with Crippen molar-refractivity contribution in [3.8, 4) is 0 Å². The number of pyridine rings is 1. The highest BCUT2D eigenvalue weighted by atomic mass is 32.1. The molecule has 0 saturated heterocycles. The SMILES string of the molecule is Cc1c(CCO)sc[n+]1Cc1ccncc1. The first-order valence-electron chi connectivity index (χ1n) is 5.27. The highest BCUT2D eigenvalue weighted by Gasteiger charge is 2.14. The van der Waals surface area contributed by atoms with Crippen LogP contribution in [0.2, 0.25) is 0 Å². The average molecular weight is 235 g/mol. The van der Waals surface area contributed by atoms with Gasteiger partial charge in [0.2, 0.25) is 5.51 Å². The second-order valence-electron chi connectivity index (χ2n) is 3.69. The van der Waals surface area contributed by atoms with Gasteiger partial charge in [-0.1, -0.05) is 11.3 Å². The van der Waals surface area contributed by atoms with Crippen LogP contribution in [-0.4, -0.2) is 16.7 Å². The van der Waals surface area contributed by atoms with Crippen molar-refractivity contribution >= 4 is 11.3 Å². The van der Waals surface area contributed by atoms with E-state index in [-0.39, 0.29) is 6.61 Å². The number of hydrogen-bond acceptors (Lipinski definition) is 3. The summed E-state index contributed by atoms with van der Waals surface area (Å²) < 4.78 is 2.21. The third kappa shape index (κ3) is 2.46. The molecular weight excluding hydrogens is 220 g/mol. The van der Waals surface area contributed by atoms with Crippen molar-refractivity contribution in [2.45, 2.75) is 19.9 Å². The molecule has 0 aliphatic carbocycles. The van der Waals surface area contributed by atoms with E-state index in [9.17, 15) is 0 Å². The molecule has 2 aromatic rings. The van der Waals surface area contributed by atoms with Crippen LogP contribution in [0.15, 0.2) is 30.0 Å². The lowest BCUT2D eigenvalue weighted by Crippen LogP contribution is -2.35. The van der Waals surface area contributed by atoms with Gasteiger partial charge in [-0.05, 0) is 12.1 Å². The van der Waals surface area contributed by atoms with E-state index in [0.29, 0.717) is 0 Å². The summed E-state index contributed by atoms with van der Waals surface area (Å²) in [5, 5.41) is 8.93. The number of rotatable bonds is 4. The summed E-state index contributed by atoms with van der Waals surface area (Å²) in [5.74, 6) is 0. The normalized spacial score (nSPS) is 10.6. The summed E-state index contributed by atoms with van der Waals surface area (Å²) in [6.45, 7) is 3.19. The summed E-state index contributed by atoms with van der Waals surface area (Å²) in [7, 11) is 0. The molecule has 0 aliphatic heterocycles. The first kappa shape index (κ1) is 11.2. The molecule has 2 rings (SSSR count). The third-order valence-corrected chi connectivity index (χ3v) is 3.74. The van der Waals surface area contributed by atoms with E-state index in [2.05, 4.69) is 22.0 Å². The molecule has 0 aliphatic rings. The van der Waals surface area contributed by atoms with Crippen molar-refractivity contribution in [2.75, 3.05) is 6.61 Å². The van der Waals surface area contributed by atoms with Gasteiger partial charge in [-0.2, -0.15) is 4.57 Å². The van der Waals surface area contributed by atoms with Crippen LogP contribution < -0.4 is 4.57 Å². The van der Waals surface area contributed by atoms with Crippen LogP contribution in [-0.2, 0) is 13.0 Å². The standard InChI is InChI=1S/C12H15N2OS/c1-10-12(4-7-15)16-9-14(10)8-11-2-5-13-6-3-11/h2-3,5-6,9,15H,4,7-8H2,1H3/q+1. The van der Waals surface area contributed by atoms with Crippen LogP contribution in [0.5, 0.6) is 0 Å². The predicted octanol–water partition coefficient (Wildman–Crippen LogP) is 1.32. The Bertz CT molecular complexity index is 453. The fourth-order valence-corrected chi connectivity index (χ4v) is 2.62. The molecule has 0 spiro atoms. The summed E-state index contributed by atoms with van der Waals surface area (Å²) >= 11 is 1.71. The van der Waals surface area contributed by atoms with Crippen LogP contribution in [0.25, 0.3) is 0 Å². The zero-order valence-corrected chi connectivity index (χ0v) is 10.1. The van der Waals surface area contributed by atoms with Crippen molar-refractivity contribution in [3.63, 3.8) is 0 Å².